The van der Waals surface area contributed by atoms with Gasteiger partial charge in [-0.15, -0.1) is 0 Å². The second-order valence-corrected chi connectivity index (χ2v) is 3.28. The molecule has 0 spiro atoms. The monoisotopic (exact) mass is 256 g/mol. The number of nitro groups is 1. The molecule has 0 aliphatic rings. The fraction of sp³-hybridized carbons (Fsp3) is 0.200. The number of halogens is 1. The summed E-state index contributed by atoms with van der Waals surface area (Å²) >= 11 is 0. The van der Waals surface area contributed by atoms with Crippen LogP contribution in [0.2, 0.25) is 0 Å². The van der Waals surface area contributed by atoms with E-state index in [1.807, 2.05) is 0 Å². The van der Waals surface area contributed by atoms with Gasteiger partial charge in [0.15, 0.2) is 0 Å². The third-order valence-electron chi connectivity index (χ3n) is 1.99. The lowest BCUT2D eigenvalue weighted by Crippen LogP contribution is -2.14. The molecule has 0 aliphatic heterocycles. The highest BCUT2D eigenvalue weighted by atomic mass is 19.1. The first kappa shape index (κ1) is 13.6. The maximum Gasteiger partial charge on any atom is 0.340 e. The van der Waals surface area contributed by atoms with Crippen LogP contribution in [0.5, 0.6) is 0 Å². The van der Waals surface area contributed by atoms with Crippen LogP contribution in [0.25, 0.3) is 0 Å². The zero-order valence-electron chi connectivity index (χ0n) is 9.52. The Morgan fingerprint density at radius 1 is 1.44 bits per heavy atom. The first-order valence-corrected chi connectivity index (χ1v) is 4.70. The molecule has 0 bridgehead atoms. The molecule has 1 aromatic rings. The van der Waals surface area contributed by atoms with Crippen molar-refractivity contribution < 1.29 is 23.6 Å². The summed E-state index contributed by atoms with van der Waals surface area (Å²) in [6.45, 7) is 1.11. The summed E-state index contributed by atoms with van der Waals surface area (Å²) in [5.41, 5.74) is -1.52. The molecule has 0 saturated heterocycles. The molecule has 18 heavy (non-hydrogen) atoms. The second kappa shape index (κ2) is 5.21. The number of rotatable bonds is 3. The van der Waals surface area contributed by atoms with Crippen molar-refractivity contribution in [2.75, 3.05) is 12.4 Å². The highest BCUT2D eigenvalue weighted by Gasteiger charge is 2.25. The van der Waals surface area contributed by atoms with Crippen molar-refractivity contribution in [3.05, 3.63) is 33.6 Å². The number of methoxy groups -OCH3 is 1. The molecule has 1 aromatic carbocycles. The highest BCUT2D eigenvalue weighted by Crippen LogP contribution is 2.30. The minimum Gasteiger partial charge on any atom is -0.465 e. The van der Waals surface area contributed by atoms with E-state index in [0.29, 0.717) is 6.07 Å². The Bertz CT molecular complexity index is 529. The predicted octanol–water partition coefficient (Wildman–Crippen LogP) is 1.48. The van der Waals surface area contributed by atoms with Gasteiger partial charge in [0.05, 0.1) is 23.7 Å². The molecule has 1 N–H and O–H groups in total. The van der Waals surface area contributed by atoms with Gasteiger partial charge in [0, 0.05) is 6.92 Å². The number of esters is 1. The SMILES string of the molecule is COC(=O)c1cc(F)cc([N+](=O)[O-])c1NC(C)=O. The summed E-state index contributed by atoms with van der Waals surface area (Å²) in [7, 11) is 1.04. The van der Waals surface area contributed by atoms with Gasteiger partial charge in [-0.3, -0.25) is 14.9 Å². The summed E-state index contributed by atoms with van der Waals surface area (Å²) in [4.78, 5) is 32.2. The van der Waals surface area contributed by atoms with E-state index in [-0.39, 0.29) is 5.69 Å². The van der Waals surface area contributed by atoms with E-state index >= 15 is 0 Å². The van der Waals surface area contributed by atoms with Crippen molar-refractivity contribution in [1.29, 1.82) is 0 Å². The molecule has 0 radical (unpaired) electrons. The number of ether oxygens (including phenoxy) is 1. The number of nitrogens with one attached hydrogen (secondary N) is 1. The minimum atomic E-state index is -0.985. The summed E-state index contributed by atoms with van der Waals surface area (Å²) in [6, 6.07) is 1.36. The van der Waals surface area contributed by atoms with E-state index in [1.165, 1.54) is 0 Å². The van der Waals surface area contributed by atoms with Gasteiger partial charge < -0.3 is 10.1 Å². The van der Waals surface area contributed by atoms with E-state index in [2.05, 4.69) is 10.1 Å². The van der Waals surface area contributed by atoms with Gasteiger partial charge in [0.25, 0.3) is 5.69 Å². The molecular weight excluding hydrogens is 247 g/mol. The number of amides is 1. The molecular formula is C10H9FN2O5. The average Bonchev–Trinajstić information content (AvgIpc) is 2.28. The molecule has 0 unspecified atom stereocenters. The topological polar surface area (TPSA) is 98.5 Å². The van der Waals surface area contributed by atoms with Crippen molar-refractivity contribution in [2.45, 2.75) is 6.92 Å². The fourth-order valence-electron chi connectivity index (χ4n) is 1.31. The Morgan fingerprint density at radius 3 is 2.50 bits per heavy atom. The summed E-state index contributed by atoms with van der Waals surface area (Å²) in [5, 5.41) is 12.9. The van der Waals surface area contributed by atoms with Gasteiger partial charge in [-0.05, 0) is 6.07 Å². The van der Waals surface area contributed by atoms with Gasteiger partial charge in [0.2, 0.25) is 5.91 Å². The van der Waals surface area contributed by atoms with E-state index in [0.717, 1.165) is 20.1 Å². The molecule has 0 fully saturated rings. The lowest BCUT2D eigenvalue weighted by atomic mass is 10.1. The Balaban J connectivity index is 3.51. The molecule has 1 amide bonds. The standard InChI is InChI=1S/C10H9FN2O5/c1-5(14)12-9-7(10(15)18-2)3-6(11)4-8(9)13(16)17/h3-4H,1-2H3,(H,12,14). The average molecular weight is 256 g/mol. The van der Waals surface area contributed by atoms with Gasteiger partial charge in [0.1, 0.15) is 11.5 Å². The fourth-order valence-corrected chi connectivity index (χ4v) is 1.31. The first-order valence-electron chi connectivity index (χ1n) is 4.70. The quantitative estimate of drug-likeness (QED) is 0.501. The lowest BCUT2D eigenvalue weighted by Gasteiger charge is -2.09. The molecule has 8 heteroatoms. The zero-order chi connectivity index (χ0) is 13.9. The van der Waals surface area contributed by atoms with Crippen LogP contribution >= 0.6 is 0 Å². The minimum absolute atomic E-state index is 0.388. The Morgan fingerprint density at radius 2 is 2.06 bits per heavy atom. The van der Waals surface area contributed by atoms with E-state index in [1.54, 1.807) is 0 Å². The third-order valence-corrected chi connectivity index (χ3v) is 1.99. The van der Waals surface area contributed by atoms with Crippen LogP contribution < -0.4 is 5.32 Å². The number of carbonyl (C=O) groups is 2. The predicted molar refractivity (Wildman–Crippen MR) is 58.7 cm³/mol. The van der Waals surface area contributed by atoms with Crippen LogP contribution in [0, 0.1) is 15.9 Å². The van der Waals surface area contributed by atoms with Crippen LogP contribution in [-0.2, 0) is 9.53 Å². The third kappa shape index (κ3) is 2.78. The number of nitrogens with zero attached hydrogens (tertiary/aromatic N) is 1. The summed E-state index contributed by atoms with van der Waals surface area (Å²) in [6.07, 6.45) is 0. The van der Waals surface area contributed by atoms with Crippen molar-refractivity contribution in [1.82, 2.24) is 0 Å². The number of nitro benzene ring substituents is 1. The van der Waals surface area contributed by atoms with Gasteiger partial charge in [-0.1, -0.05) is 0 Å². The smallest absolute Gasteiger partial charge is 0.340 e. The van der Waals surface area contributed by atoms with Crippen LogP contribution in [0.3, 0.4) is 0 Å². The van der Waals surface area contributed by atoms with Crippen LogP contribution in [-0.4, -0.2) is 23.9 Å². The first-order chi connectivity index (χ1) is 8.36. The molecule has 7 nitrogen and oxygen atoms in total. The molecule has 0 aromatic heterocycles. The molecule has 0 atom stereocenters. The summed E-state index contributed by atoms with van der Waals surface area (Å²) < 4.78 is 17.5. The van der Waals surface area contributed by atoms with Gasteiger partial charge >= 0.3 is 5.97 Å². The molecule has 96 valence electrons. The second-order valence-electron chi connectivity index (χ2n) is 3.28. The largest absolute Gasteiger partial charge is 0.465 e. The number of hydrogen-bond acceptors (Lipinski definition) is 5. The number of hydrogen-bond donors (Lipinski definition) is 1. The normalized spacial score (nSPS) is 9.72. The number of benzene rings is 1. The van der Waals surface area contributed by atoms with Gasteiger partial charge in [-0.2, -0.15) is 0 Å². The van der Waals surface area contributed by atoms with Crippen molar-refractivity contribution >= 4 is 23.3 Å². The Hall–Kier alpha value is -2.51. The van der Waals surface area contributed by atoms with Crippen molar-refractivity contribution in [3.8, 4) is 0 Å². The number of anilines is 1. The number of carbonyl (C=O) groups excluding carboxylic acids is 2. The molecule has 0 saturated carbocycles. The Labute approximate surface area is 101 Å². The van der Waals surface area contributed by atoms with Crippen LogP contribution in [0.1, 0.15) is 17.3 Å². The zero-order valence-corrected chi connectivity index (χ0v) is 9.52. The highest BCUT2D eigenvalue weighted by molar-refractivity contribution is 6.03. The maximum atomic E-state index is 13.2. The van der Waals surface area contributed by atoms with E-state index in [4.69, 9.17) is 0 Å². The molecule has 0 heterocycles. The van der Waals surface area contributed by atoms with Crippen molar-refractivity contribution in [2.24, 2.45) is 0 Å². The lowest BCUT2D eigenvalue weighted by molar-refractivity contribution is -0.384. The van der Waals surface area contributed by atoms with Crippen LogP contribution in [0.15, 0.2) is 12.1 Å². The Kier molecular flexibility index (Phi) is 3.93. The van der Waals surface area contributed by atoms with Crippen molar-refractivity contribution in [3.63, 3.8) is 0 Å². The van der Waals surface area contributed by atoms with E-state index < -0.39 is 33.9 Å². The van der Waals surface area contributed by atoms with E-state index in [9.17, 15) is 24.1 Å². The molecule has 0 aliphatic carbocycles. The maximum absolute atomic E-state index is 13.2. The van der Waals surface area contributed by atoms with Crippen LogP contribution in [0.4, 0.5) is 15.8 Å². The van der Waals surface area contributed by atoms with Gasteiger partial charge in [-0.25, -0.2) is 9.18 Å². The molecule has 1 rings (SSSR count). The summed E-state index contributed by atoms with van der Waals surface area (Å²) in [5.74, 6) is -2.59.